The lowest BCUT2D eigenvalue weighted by Crippen LogP contribution is -2.52. The zero-order valence-corrected chi connectivity index (χ0v) is 15.7. The summed E-state index contributed by atoms with van der Waals surface area (Å²) < 4.78 is 6.52. The van der Waals surface area contributed by atoms with E-state index in [9.17, 15) is 5.11 Å². The fourth-order valence-electron chi connectivity index (χ4n) is 2.76. The summed E-state index contributed by atoms with van der Waals surface area (Å²) in [5.74, 6) is 0. The Bertz CT molecular complexity index is 470. The van der Waals surface area contributed by atoms with Crippen molar-refractivity contribution >= 4 is 8.32 Å². The molecule has 3 nitrogen and oxygen atoms in total. The van der Waals surface area contributed by atoms with Crippen molar-refractivity contribution in [1.29, 1.82) is 0 Å². The van der Waals surface area contributed by atoms with E-state index in [4.69, 9.17) is 4.43 Å². The topological polar surface area (TPSA) is 32.7 Å². The minimum Gasteiger partial charge on any atom is -0.413 e. The van der Waals surface area contributed by atoms with Crippen LogP contribution in [0.25, 0.3) is 0 Å². The van der Waals surface area contributed by atoms with Gasteiger partial charge in [0.1, 0.15) is 0 Å². The molecule has 1 aromatic carbocycles. The molecular formula is C18H31NO2Si. The van der Waals surface area contributed by atoms with Gasteiger partial charge in [-0.15, -0.1) is 0 Å². The normalized spacial score (nSPS) is 24.5. The minimum absolute atomic E-state index is 0.147. The Morgan fingerprint density at radius 3 is 2.41 bits per heavy atom. The van der Waals surface area contributed by atoms with Crippen molar-refractivity contribution in [3.05, 3.63) is 35.9 Å². The number of hydrogen-bond acceptors (Lipinski definition) is 3. The Balaban J connectivity index is 1.99. The van der Waals surface area contributed by atoms with Gasteiger partial charge in [-0.1, -0.05) is 51.1 Å². The van der Waals surface area contributed by atoms with E-state index in [2.05, 4.69) is 63.0 Å². The van der Waals surface area contributed by atoms with Gasteiger partial charge in [-0.25, -0.2) is 0 Å². The first kappa shape index (κ1) is 17.7. The highest BCUT2D eigenvalue weighted by Gasteiger charge is 2.40. The molecule has 0 spiro atoms. The second-order valence-corrected chi connectivity index (χ2v) is 12.8. The van der Waals surface area contributed by atoms with Gasteiger partial charge in [0.05, 0.1) is 12.2 Å². The second kappa shape index (κ2) is 6.83. The number of hydrogen-bond donors (Lipinski definition) is 1. The summed E-state index contributed by atoms with van der Waals surface area (Å²) in [5, 5.41) is 10.4. The number of nitrogens with zero attached hydrogens (tertiary/aromatic N) is 1. The fourth-order valence-corrected chi connectivity index (χ4v) is 4.12. The van der Waals surface area contributed by atoms with Crippen LogP contribution in [0.1, 0.15) is 32.8 Å². The van der Waals surface area contributed by atoms with Gasteiger partial charge in [-0.2, -0.15) is 0 Å². The summed E-state index contributed by atoms with van der Waals surface area (Å²) in [5.41, 5.74) is 1.29. The maximum absolute atomic E-state index is 10.2. The summed E-state index contributed by atoms with van der Waals surface area (Å²) in [6.45, 7) is 13.9. The van der Waals surface area contributed by atoms with E-state index in [1.807, 2.05) is 6.07 Å². The third kappa shape index (κ3) is 4.65. The predicted molar refractivity (Wildman–Crippen MR) is 94.4 cm³/mol. The van der Waals surface area contributed by atoms with E-state index in [-0.39, 0.29) is 17.2 Å². The molecule has 0 radical (unpaired) electrons. The molecule has 0 amide bonds. The highest BCUT2D eigenvalue weighted by atomic mass is 28.4. The van der Waals surface area contributed by atoms with Crippen LogP contribution in [-0.2, 0) is 11.0 Å². The average Bonchev–Trinajstić information content (AvgIpc) is 2.37. The number of aliphatic hydroxyl groups excluding tert-OH is 1. The highest BCUT2D eigenvalue weighted by molar-refractivity contribution is 6.74. The van der Waals surface area contributed by atoms with Crippen LogP contribution in [0.3, 0.4) is 0 Å². The van der Waals surface area contributed by atoms with Crippen molar-refractivity contribution < 1.29 is 9.53 Å². The number of rotatable bonds is 4. The molecule has 1 aliphatic rings. The Morgan fingerprint density at radius 2 is 1.82 bits per heavy atom. The van der Waals surface area contributed by atoms with Crippen molar-refractivity contribution in [3.63, 3.8) is 0 Å². The molecule has 1 aliphatic heterocycles. The lowest BCUT2D eigenvalue weighted by Gasteiger charge is -2.43. The highest BCUT2D eigenvalue weighted by Crippen LogP contribution is 2.38. The summed E-state index contributed by atoms with van der Waals surface area (Å²) in [7, 11) is -1.78. The van der Waals surface area contributed by atoms with Gasteiger partial charge in [0.15, 0.2) is 8.32 Å². The molecule has 1 heterocycles. The van der Waals surface area contributed by atoms with E-state index in [1.54, 1.807) is 0 Å². The lowest BCUT2D eigenvalue weighted by molar-refractivity contribution is -0.00567. The maximum atomic E-state index is 10.2. The van der Waals surface area contributed by atoms with Crippen LogP contribution in [0.5, 0.6) is 0 Å². The van der Waals surface area contributed by atoms with E-state index >= 15 is 0 Å². The monoisotopic (exact) mass is 321 g/mol. The van der Waals surface area contributed by atoms with Crippen LogP contribution in [-0.4, -0.2) is 43.6 Å². The first-order valence-electron chi connectivity index (χ1n) is 8.29. The molecule has 2 rings (SSSR count). The Labute approximate surface area is 136 Å². The molecule has 0 aromatic heterocycles. The molecular weight excluding hydrogens is 290 g/mol. The molecule has 4 heteroatoms. The first-order chi connectivity index (χ1) is 10.2. The Hall–Kier alpha value is -0.683. The lowest BCUT2D eigenvalue weighted by atomic mass is 10.0. The quantitative estimate of drug-likeness (QED) is 0.859. The third-order valence-electron chi connectivity index (χ3n) is 4.98. The standard InChI is InChI=1S/C18H31NO2Si/c1-18(2,3)22(4,5)21-17-11-16(20)13-19(14-17)12-15-9-7-6-8-10-15/h6-10,16-17,20H,11-14H2,1-5H3. The summed E-state index contributed by atoms with van der Waals surface area (Å²) in [6.07, 6.45) is 0.623. The maximum Gasteiger partial charge on any atom is 0.192 e. The van der Waals surface area contributed by atoms with Crippen molar-refractivity contribution in [2.24, 2.45) is 0 Å². The van der Waals surface area contributed by atoms with Gasteiger partial charge in [0.25, 0.3) is 0 Å². The molecule has 1 saturated heterocycles. The van der Waals surface area contributed by atoms with Gasteiger partial charge in [0.2, 0.25) is 0 Å². The van der Waals surface area contributed by atoms with Gasteiger partial charge in [0, 0.05) is 26.1 Å². The molecule has 22 heavy (non-hydrogen) atoms. The molecule has 2 unspecified atom stereocenters. The average molecular weight is 322 g/mol. The van der Waals surface area contributed by atoms with Crippen LogP contribution >= 0.6 is 0 Å². The molecule has 2 atom stereocenters. The van der Waals surface area contributed by atoms with E-state index in [1.165, 1.54) is 5.56 Å². The number of aliphatic hydroxyl groups is 1. The zero-order chi connectivity index (χ0) is 16.4. The number of β-amino-alcohol motifs (C(OH)–C–C–N with tert-alkyl or cyclic N) is 1. The van der Waals surface area contributed by atoms with Crippen LogP contribution in [0.15, 0.2) is 30.3 Å². The molecule has 1 aromatic rings. The summed E-state index contributed by atoms with van der Waals surface area (Å²) in [4.78, 5) is 2.32. The first-order valence-corrected chi connectivity index (χ1v) is 11.2. The minimum atomic E-state index is -1.78. The van der Waals surface area contributed by atoms with Crippen LogP contribution in [0, 0.1) is 0 Å². The smallest absolute Gasteiger partial charge is 0.192 e. The third-order valence-corrected chi connectivity index (χ3v) is 9.52. The molecule has 0 aliphatic carbocycles. The Morgan fingerprint density at radius 1 is 1.18 bits per heavy atom. The fraction of sp³-hybridized carbons (Fsp3) is 0.667. The van der Waals surface area contributed by atoms with Crippen LogP contribution in [0.2, 0.25) is 18.1 Å². The number of benzene rings is 1. The van der Waals surface area contributed by atoms with Crippen molar-refractivity contribution in [2.45, 2.75) is 64.1 Å². The second-order valence-electron chi connectivity index (χ2n) is 8.07. The SMILES string of the molecule is CC(C)(C)[Si](C)(C)OC1CC(O)CN(Cc2ccccc2)C1. The van der Waals surface area contributed by atoms with E-state index in [0.29, 0.717) is 0 Å². The largest absolute Gasteiger partial charge is 0.413 e. The van der Waals surface area contributed by atoms with Gasteiger partial charge in [-0.3, -0.25) is 4.90 Å². The Kier molecular flexibility index (Phi) is 5.48. The number of likely N-dealkylation sites (tertiary alicyclic amines) is 1. The molecule has 124 valence electrons. The van der Waals surface area contributed by atoms with Crippen molar-refractivity contribution in [1.82, 2.24) is 4.90 Å². The van der Waals surface area contributed by atoms with Crippen LogP contribution < -0.4 is 0 Å². The molecule has 0 bridgehead atoms. The predicted octanol–water partition coefficient (Wildman–Crippen LogP) is 3.64. The molecule has 1 fully saturated rings. The van der Waals surface area contributed by atoms with Gasteiger partial charge >= 0.3 is 0 Å². The number of piperidine rings is 1. The summed E-state index contributed by atoms with van der Waals surface area (Å²) >= 11 is 0. The summed E-state index contributed by atoms with van der Waals surface area (Å²) in [6, 6.07) is 10.5. The van der Waals surface area contributed by atoms with E-state index < -0.39 is 8.32 Å². The van der Waals surface area contributed by atoms with Crippen molar-refractivity contribution in [2.75, 3.05) is 13.1 Å². The van der Waals surface area contributed by atoms with Gasteiger partial charge in [-0.05, 0) is 23.7 Å². The van der Waals surface area contributed by atoms with Crippen molar-refractivity contribution in [3.8, 4) is 0 Å². The molecule has 0 saturated carbocycles. The zero-order valence-electron chi connectivity index (χ0n) is 14.7. The van der Waals surface area contributed by atoms with Crippen LogP contribution in [0.4, 0.5) is 0 Å². The molecule has 1 N–H and O–H groups in total. The van der Waals surface area contributed by atoms with E-state index in [0.717, 1.165) is 26.1 Å². The van der Waals surface area contributed by atoms with Gasteiger partial charge < -0.3 is 9.53 Å².